The Morgan fingerprint density at radius 3 is 2.58 bits per heavy atom. The lowest BCUT2D eigenvalue weighted by molar-refractivity contribution is -0.122. The Morgan fingerprint density at radius 2 is 1.96 bits per heavy atom. The number of carbonyl (C=O) groups is 2. The van der Waals surface area contributed by atoms with Gasteiger partial charge in [-0.2, -0.15) is 0 Å². The minimum absolute atomic E-state index is 0.0470. The number of nitrogens with one attached hydrogen (secondary N) is 1. The van der Waals surface area contributed by atoms with Gasteiger partial charge in [0.15, 0.2) is 4.96 Å². The molecule has 0 aliphatic heterocycles. The van der Waals surface area contributed by atoms with Gasteiger partial charge in [-0.15, -0.1) is 11.3 Å². The zero-order valence-electron chi connectivity index (χ0n) is 14.7. The van der Waals surface area contributed by atoms with E-state index in [2.05, 4.69) is 10.3 Å². The lowest BCUT2D eigenvalue weighted by Crippen LogP contribution is -2.27. The van der Waals surface area contributed by atoms with Crippen molar-refractivity contribution in [2.75, 3.05) is 19.4 Å². The second-order valence-electron chi connectivity index (χ2n) is 6.79. The second kappa shape index (κ2) is 6.57. The summed E-state index contributed by atoms with van der Waals surface area (Å²) in [5.74, 6) is 0.231. The minimum Gasteiger partial charge on any atom is -0.343 e. The van der Waals surface area contributed by atoms with Crippen molar-refractivity contribution in [3.8, 4) is 11.3 Å². The largest absolute Gasteiger partial charge is 0.343 e. The minimum atomic E-state index is -0.0470. The number of imidazole rings is 1. The Kier molecular flexibility index (Phi) is 4.24. The number of hydrogen-bond donors (Lipinski definition) is 1. The molecule has 6 nitrogen and oxygen atoms in total. The number of nitrogens with zero attached hydrogens (tertiary/aromatic N) is 3. The van der Waals surface area contributed by atoms with Crippen molar-refractivity contribution in [1.29, 1.82) is 0 Å². The molecule has 26 heavy (non-hydrogen) atoms. The number of thiazole rings is 1. The maximum atomic E-state index is 12.2. The van der Waals surface area contributed by atoms with Gasteiger partial charge in [-0.1, -0.05) is 18.6 Å². The number of fused-ring (bicyclic) bond motifs is 1. The van der Waals surface area contributed by atoms with E-state index in [0.717, 1.165) is 41.2 Å². The molecule has 0 bridgehead atoms. The summed E-state index contributed by atoms with van der Waals surface area (Å²) in [6.45, 7) is 0. The van der Waals surface area contributed by atoms with Crippen LogP contribution < -0.4 is 5.32 Å². The van der Waals surface area contributed by atoms with E-state index in [0.29, 0.717) is 5.69 Å². The van der Waals surface area contributed by atoms with Gasteiger partial charge in [-0.3, -0.25) is 14.0 Å². The van der Waals surface area contributed by atoms with Crippen LogP contribution >= 0.6 is 11.3 Å². The van der Waals surface area contributed by atoms with Gasteiger partial charge in [0.2, 0.25) is 5.91 Å². The van der Waals surface area contributed by atoms with E-state index in [-0.39, 0.29) is 17.7 Å². The maximum Gasteiger partial charge on any atom is 0.271 e. The van der Waals surface area contributed by atoms with Gasteiger partial charge in [0.1, 0.15) is 5.69 Å². The first-order chi connectivity index (χ1) is 12.5. The van der Waals surface area contributed by atoms with Crippen molar-refractivity contribution in [3.05, 3.63) is 41.5 Å². The molecule has 3 aromatic rings. The van der Waals surface area contributed by atoms with E-state index in [1.165, 1.54) is 11.3 Å². The highest BCUT2D eigenvalue weighted by atomic mass is 32.1. The second-order valence-corrected chi connectivity index (χ2v) is 7.63. The van der Waals surface area contributed by atoms with Crippen LogP contribution in [-0.4, -0.2) is 40.2 Å². The SMILES string of the molecule is CN(C)C(=O)c1csc2nc(-c3ccc(NC(=O)C4CCC4)cc3)cn12. The van der Waals surface area contributed by atoms with Crippen LogP contribution in [0.3, 0.4) is 0 Å². The van der Waals surface area contributed by atoms with Gasteiger partial charge < -0.3 is 10.2 Å². The van der Waals surface area contributed by atoms with Crippen LogP contribution in [0.25, 0.3) is 16.2 Å². The van der Waals surface area contributed by atoms with Crippen LogP contribution in [0.15, 0.2) is 35.8 Å². The molecule has 7 heteroatoms. The predicted octanol–water partition coefficient (Wildman–Crippen LogP) is 3.50. The third-order valence-electron chi connectivity index (χ3n) is 4.76. The van der Waals surface area contributed by atoms with E-state index in [9.17, 15) is 9.59 Å². The zero-order chi connectivity index (χ0) is 18.3. The quantitative estimate of drug-likeness (QED) is 0.766. The van der Waals surface area contributed by atoms with Gasteiger partial charge in [0.05, 0.1) is 5.69 Å². The number of carbonyl (C=O) groups excluding carboxylic acids is 2. The molecule has 2 aromatic heterocycles. The highest BCUT2D eigenvalue weighted by Gasteiger charge is 2.25. The summed E-state index contributed by atoms with van der Waals surface area (Å²) in [6.07, 6.45) is 5.00. The van der Waals surface area contributed by atoms with E-state index >= 15 is 0 Å². The number of hydrogen-bond acceptors (Lipinski definition) is 4. The Balaban J connectivity index is 1.55. The highest BCUT2D eigenvalue weighted by Crippen LogP contribution is 2.28. The number of aromatic nitrogens is 2. The molecule has 2 heterocycles. The zero-order valence-corrected chi connectivity index (χ0v) is 15.5. The summed E-state index contributed by atoms with van der Waals surface area (Å²) in [7, 11) is 3.47. The van der Waals surface area contributed by atoms with Crippen molar-refractivity contribution in [3.63, 3.8) is 0 Å². The Hall–Kier alpha value is -2.67. The van der Waals surface area contributed by atoms with Crippen LogP contribution in [0, 0.1) is 5.92 Å². The molecule has 0 saturated heterocycles. The van der Waals surface area contributed by atoms with E-state index in [1.54, 1.807) is 19.0 Å². The van der Waals surface area contributed by atoms with Crippen molar-refractivity contribution in [1.82, 2.24) is 14.3 Å². The van der Waals surface area contributed by atoms with Gasteiger partial charge in [-0.05, 0) is 25.0 Å². The van der Waals surface area contributed by atoms with Crippen LogP contribution in [-0.2, 0) is 4.79 Å². The summed E-state index contributed by atoms with van der Waals surface area (Å²) in [4.78, 5) is 31.2. The maximum absolute atomic E-state index is 12.2. The molecular weight excluding hydrogens is 348 g/mol. The average Bonchev–Trinajstić information content (AvgIpc) is 3.13. The standard InChI is InChI=1S/C19H20N4O2S/c1-22(2)18(25)16-11-26-19-21-15(10-23(16)19)12-6-8-14(9-7-12)20-17(24)13-4-3-5-13/h6-11,13H,3-5H2,1-2H3,(H,20,24). The van der Waals surface area contributed by atoms with Crippen molar-refractivity contribution in [2.24, 2.45) is 5.92 Å². The molecule has 1 aliphatic carbocycles. The number of amides is 2. The van der Waals surface area contributed by atoms with Crippen molar-refractivity contribution >= 4 is 33.8 Å². The summed E-state index contributed by atoms with van der Waals surface area (Å²) in [6, 6.07) is 7.67. The Bertz CT molecular complexity index is 967. The van der Waals surface area contributed by atoms with Crippen molar-refractivity contribution in [2.45, 2.75) is 19.3 Å². The molecule has 0 unspecified atom stereocenters. The van der Waals surface area contributed by atoms with Gasteiger partial charge >= 0.3 is 0 Å². The molecule has 1 N–H and O–H groups in total. The molecule has 1 aromatic carbocycles. The molecule has 0 radical (unpaired) electrons. The molecule has 1 saturated carbocycles. The predicted molar refractivity (Wildman–Crippen MR) is 102 cm³/mol. The molecular formula is C19H20N4O2S. The van der Waals surface area contributed by atoms with Gasteiger partial charge in [-0.25, -0.2) is 4.98 Å². The van der Waals surface area contributed by atoms with Crippen LogP contribution in [0.2, 0.25) is 0 Å². The first-order valence-corrected chi connectivity index (χ1v) is 9.50. The first-order valence-electron chi connectivity index (χ1n) is 8.62. The number of benzene rings is 1. The smallest absolute Gasteiger partial charge is 0.271 e. The first kappa shape index (κ1) is 16.8. The van der Waals surface area contributed by atoms with Crippen molar-refractivity contribution < 1.29 is 9.59 Å². The fourth-order valence-electron chi connectivity index (χ4n) is 2.95. The lowest BCUT2D eigenvalue weighted by Gasteiger charge is -2.24. The topological polar surface area (TPSA) is 66.7 Å². The fourth-order valence-corrected chi connectivity index (χ4v) is 3.79. The monoisotopic (exact) mass is 368 g/mol. The molecule has 1 fully saturated rings. The summed E-state index contributed by atoms with van der Waals surface area (Å²) < 4.78 is 1.83. The highest BCUT2D eigenvalue weighted by molar-refractivity contribution is 7.15. The molecule has 1 aliphatic rings. The Labute approximate surface area is 155 Å². The molecule has 0 atom stereocenters. The Morgan fingerprint density at radius 1 is 1.23 bits per heavy atom. The number of anilines is 1. The van der Waals surface area contributed by atoms with E-state index < -0.39 is 0 Å². The fraction of sp³-hybridized carbons (Fsp3) is 0.316. The van der Waals surface area contributed by atoms with Crippen LogP contribution in [0.5, 0.6) is 0 Å². The van der Waals surface area contributed by atoms with Gasteiger partial charge in [0, 0.05) is 42.8 Å². The molecule has 134 valence electrons. The summed E-state index contributed by atoms with van der Waals surface area (Å²) in [5, 5.41) is 4.79. The van der Waals surface area contributed by atoms with E-state index in [4.69, 9.17) is 0 Å². The van der Waals surface area contributed by atoms with Gasteiger partial charge in [0.25, 0.3) is 5.91 Å². The normalized spacial score (nSPS) is 14.2. The third kappa shape index (κ3) is 2.99. The lowest BCUT2D eigenvalue weighted by atomic mass is 9.85. The third-order valence-corrected chi connectivity index (χ3v) is 5.60. The summed E-state index contributed by atoms with van der Waals surface area (Å²) in [5.41, 5.74) is 3.17. The van der Waals surface area contributed by atoms with Crippen LogP contribution in [0.1, 0.15) is 29.8 Å². The molecule has 2 amide bonds. The number of rotatable bonds is 4. The molecule has 0 spiro atoms. The van der Waals surface area contributed by atoms with E-state index in [1.807, 2.05) is 40.2 Å². The average molecular weight is 368 g/mol. The molecule has 4 rings (SSSR count). The summed E-state index contributed by atoms with van der Waals surface area (Å²) >= 11 is 1.45. The van der Waals surface area contributed by atoms with Crippen LogP contribution in [0.4, 0.5) is 5.69 Å².